The van der Waals surface area contributed by atoms with Gasteiger partial charge in [-0.2, -0.15) is 0 Å². The standard InChI is InChI=1S/C9H16O2/c1-4-9(10)11-7-5-6-8(2)3/h2,4-7H2,1,3H3. The molecule has 0 aliphatic rings. The van der Waals surface area contributed by atoms with E-state index in [1.807, 2.05) is 6.92 Å². The molecule has 2 nitrogen and oxygen atoms in total. The molecule has 0 aromatic carbocycles. The highest BCUT2D eigenvalue weighted by molar-refractivity contribution is 5.68. The summed E-state index contributed by atoms with van der Waals surface area (Å²) in [7, 11) is 0. The second-order valence-corrected chi connectivity index (χ2v) is 2.63. The van der Waals surface area contributed by atoms with E-state index in [-0.39, 0.29) is 5.97 Å². The molecule has 0 N–H and O–H groups in total. The van der Waals surface area contributed by atoms with E-state index in [2.05, 4.69) is 6.58 Å². The van der Waals surface area contributed by atoms with Crippen molar-refractivity contribution in [2.75, 3.05) is 6.61 Å². The van der Waals surface area contributed by atoms with Gasteiger partial charge >= 0.3 is 5.97 Å². The maximum absolute atomic E-state index is 10.6. The lowest BCUT2D eigenvalue weighted by Crippen LogP contribution is -2.03. The Kier molecular flexibility index (Phi) is 5.53. The third-order valence-corrected chi connectivity index (χ3v) is 1.30. The summed E-state index contributed by atoms with van der Waals surface area (Å²) in [5, 5.41) is 0. The number of carbonyl (C=O) groups excluding carboxylic acids is 1. The number of carbonyl (C=O) groups is 1. The Morgan fingerprint density at radius 1 is 1.55 bits per heavy atom. The highest BCUT2D eigenvalue weighted by Crippen LogP contribution is 2.00. The number of esters is 1. The van der Waals surface area contributed by atoms with Crippen LogP contribution in [0.3, 0.4) is 0 Å². The van der Waals surface area contributed by atoms with Gasteiger partial charge in [0.2, 0.25) is 0 Å². The molecular formula is C9H16O2. The average Bonchev–Trinajstić information content (AvgIpc) is 1.97. The van der Waals surface area contributed by atoms with E-state index < -0.39 is 0 Å². The molecule has 0 amide bonds. The van der Waals surface area contributed by atoms with Crippen molar-refractivity contribution in [2.24, 2.45) is 0 Å². The largest absolute Gasteiger partial charge is 0.466 e. The Hall–Kier alpha value is -0.790. The molecular weight excluding hydrogens is 140 g/mol. The Morgan fingerprint density at radius 2 is 2.18 bits per heavy atom. The van der Waals surface area contributed by atoms with Crippen molar-refractivity contribution in [3.05, 3.63) is 12.2 Å². The zero-order valence-corrected chi connectivity index (χ0v) is 7.35. The predicted molar refractivity (Wildman–Crippen MR) is 45.3 cm³/mol. The fourth-order valence-corrected chi connectivity index (χ4v) is 0.662. The van der Waals surface area contributed by atoms with Crippen LogP contribution in [-0.2, 0) is 9.53 Å². The third kappa shape index (κ3) is 7.10. The van der Waals surface area contributed by atoms with Crippen LogP contribution in [0.25, 0.3) is 0 Å². The summed E-state index contributed by atoms with van der Waals surface area (Å²) in [4.78, 5) is 10.6. The summed E-state index contributed by atoms with van der Waals surface area (Å²) in [6.45, 7) is 8.05. The first-order chi connectivity index (χ1) is 5.16. The van der Waals surface area contributed by atoms with Gasteiger partial charge in [-0.05, 0) is 19.8 Å². The van der Waals surface area contributed by atoms with Gasteiger partial charge in [0.15, 0.2) is 0 Å². The summed E-state index contributed by atoms with van der Waals surface area (Å²) in [6.07, 6.45) is 2.30. The molecule has 0 saturated carbocycles. The first-order valence-electron chi connectivity index (χ1n) is 3.96. The van der Waals surface area contributed by atoms with E-state index in [1.54, 1.807) is 6.92 Å². The van der Waals surface area contributed by atoms with Gasteiger partial charge in [-0.15, -0.1) is 6.58 Å². The van der Waals surface area contributed by atoms with Gasteiger partial charge in [0, 0.05) is 6.42 Å². The van der Waals surface area contributed by atoms with Crippen molar-refractivity contribution in [1.29, 1.82) is 0 Å². The summed E-state index contributed by atoms with van der Waals surface area (Å²) in [5.74, 6) is -0.119. The van der Waals surface area contributed by atoms with E-state index in [0.29, 0.717) is 13.0 Å². The van der Waals surface area contributed by atoms with Crippen molar-refractivity contribution >= 4 is 5.97 Å². The number of hydrogen-bond acceptors (Lipinski definition) is 2. The molecule has 0 radical (unpaired) electrons. The topological polar surface area (TPSA) is 26.3 Å². The molecule has 0 aliphatic heterocycles. The maximum atomic E-state index is 10.6. The molecule has 0 atom stereocenters. The van der Waals surface area contributed by atoms with Crippen LogP contribution in [0.4, 0.5) is 0 Å². The lowest BCUT2D eigenvalue weighted by atomic mass is 10.2. The van der Waals surface area contributed by atoms with E-state index in [9.17, 15) is 4.79 Å². The quantitative estimate of drug-likeness (QED) is 0.347. The minimum absolute atomic E-state index is 0.119. The van der Waals surface area contributed by atoms with Gasteiger partial charge in [0.25, 0.3) is 0 Å². The molecule has 64 valence electrons. The Bertz CT molecular complexity index is 138. The molecule has 0 aromatic rings. The molecule has 0 spiro atoms. The molecule has 0 aliphatic carbocycles. The van der Waals surface area contributed by atoms with Crippen molar-refractivity contribution in [3.8, 4) is 0 Å². The van der Waals surface area contributed by atoms with Crippen LogP contribution in [0.15, 0.2) is 12.2 Å². The Labute approximate surface area is 68.2 Å². The fraction of sp³-hybridized carbons (Fsp3) is 0.667. The zero-order chi connectivity index (χ0) is 8.69. The summed E-state index contributed by atoms with van der Waals surface area (Å²) in [5.41, 5.74) is 1.14. The van der Waals surface area contributed by atoms with E-state index in [4.69, 9.17) is 4.74 Å². The number of allylic oxidation sites excluding steroid dienone is 1. The summed E-state index contributed by atoms with van der Waals surface area (Å²) < 4.78 is 4.86. The van der Waals surface area contributed by atoms with Gasteiger partial charge in [0.05, 0.1) is 6.61 Å². The molecule has 0 saturated heterocycles. The first-order valence-corrected chi connectivity index (χ1v) is 3.96. The average molecular weight is 156 g/mol. The highest BCUT2D eigenvalue weighted by Gasteiger charge is 1.96. The van der Waals surface area contributed by atoms with Gasteiger partial charge in [-0.3, -0.25) is 4.79 Å². The van der Waals surface area contributed by atoms with Gasteiger partial charge in [0.1, 0.15) is 0 Å². The van der Waals surface area contributed by atoms with E-state index >= 15 is 0 Å². The minimum atomic E-state index is -0.119. The highest BCUT2D eigenvalue weighted by atomic mass is 16.5. The summed E-state index contributed by atoms with van der Waals surface area (Å²) in [6, 6.07) is 0. The number of hydrogen-bond donors (Lipinski definition) is 0. The molecule has 0 aromatic heterocycles. The van der Waals surface area contributed by atoms with Crippen molar-refractivity contribution < 1.29 is 9.53 Å². The second-order valence-electron chi connectivity index (χ2n) is 2.63. The van der Waals surface area contributed by atoms with Crippen LogP contribution < -0.4 is 0 Å². The van der Waals surface area contributed by atoms with E-state index in [0.717, 1.165) is 18.4 Å². The van der Waals surface area contributed by atoms with Gasteiger partial charge in [-0.1, -0.05) is 12.5 Å². The Balaban J connectivity index is 3.14. The minimum Gasteiger partial charge on any atom is -0.466 e. The monoisotopic (exact) mass is 156 g/mol. The predicted octanol–water partition coefficient (Wildman–Crippen LogP) is 2.30. The van der Waals surface area contributed by atoms with E-state index in [1.165, 1.54) is 0 Å². The molecule has 0 rings (SSSR count). The molecule has 2 heteroatoms. The number of rotatable bonds is 5. The molecule has 0 bridgehead atoms. The molecule has 0 fully saturated rings. The molecule has 0 heterocycles. The van der Waals surface area contributed by atoms with Crippen LogP contribution in [-0.4, -0.2) is 12.6 Å². The number of ether oxygens (including phenoxy) is 1. The SMILES string of the molecule is C=C(C)CCCOC(=O)CC. The van der Waals surface area contributed by atoms with Crippen molar-refractivity contribution in [3.63, 3.8) is 0 Å². The molecule has 0 unspecified atom stereocenters. The second kappa shape index (κ2) is 5.96. The van der Waals surface area contributed by atoms with Crippen LogP contribution in [0, 0.1) is 0 Å². The smallest absolute Gasteiger partial charge is 0.305 e. The van der Waals surface area contributed by atoms with Crippen LogP contribution in [0.2, 0.25) is 0 Å². The van der Waals surface area contributed by atoms with Crippen LogP contribution in [0.1, 0.15) is 33.1 Å². The first kappa shape index (κ1) is 10.2. The lowest BCUT2D eigenvalue weighted by Gasteiger charge is -2.01. The normalized spacial score (nSPS) is 9.27. The van der Waals surface area contributed by atoms with Gasteiger partial charge < -0.3 is 4.74 Å². The Morgan fingerprint density at radius 3 is 2.64 bits per heavy atom. The zero-order valence-electron chi connectivity index (χ0n) is 7.35. The molecule has 11 heavy (non-hydrogen) atoms. The van der Waals surface area contributed by atoms with Crippen molar-refractivity contribution in [1.82, 2.24) is 0 Å². The van der Waals surface area contributed by atoms with Crippen molar-refractivity contribution in [2.45, 2.75) is 33.1 Å². The van der Waals surface area contributed by atoms with Gasteiger partial charge in [-0.25, -0.2) is 0 Å². The van der Waals surface area contributed by atoms with Crippen LogP contribution in [0.5, 0.6) is 0 Å². The fourth-order valence-electron chi connectivity index (χ4n) is 0.662. The maximum Gasteiger partial charge on any atom is 0.305 e. The summed E-state index contributed by atoms with van der Waals surface area (Å²) >= 11 is 0. The lowest BCUT2D eigenvalue weighted by molar-refractivity contribution is -0.143. The third-order valence-electron chi connectivity index (χ3n) is 1.30. The van der Waals surface area contributed by atoms with Crippen LogP contribution >= 0.6 is 0 Å².